The molecule has 0 spiro atoms. The van der Waals surface area contributed by atoms with Gasteiger partial charge < -0.3 is 4.74 Å². The van der Waals surface area contributed by atoms with E-state index >= 15 is 0 Å². The van der Waals surface area contributed by atoms with Gasteiger partial charge in [-0.25, -0.2) is 0 Å². The number of ether oxygens (including phenoxy) is 1. The molecule has 2 aromatic carbocycles. The Balaban J connectivity index is 1.66. The molecule has 28 heavy (non-hydrogen) atoms. The molecule has 0 aliphatic carbocycles. The Kier molecular flexibility index (Phi) is 5.31. The van der Waals surface area contributed by atoms with E-state index in [1.807, 2.05) is 65.6 Å². The number of amides is 1. The molecule has 2 heterocycles. The SMILES string of the molecule is COc1ccc(N(C(=O)/C=C/c2ccccc2)C2=C[C@H]3CC[C@@H](C2)N3C)cc1. The second kappa shape index (κ2) is 8.03. The highest BCUT2D eigenvalue weighted by Crippen LogP contribution is 2.36. The summed E-state index contributed by atoms with van der Waals surface area (Å²) < 4.78 is 5.28. The zero-order valence-electron chi connectivity index (χ0n) is 16.4. The van der Waals surface area contributed by atoms with Crippen molar-refractivity contribution in [3.63, 3.8) is 0 Å². The van der Waals surface area contributed by atoms with E-state index in [9.17, 15) is 4.79 Å². The van der Waals surface area contributed by atoms with Gasteiger partial charge in [0.1, 0.15) is 5.75 Å². The van der Waals surface area contributed by atoms with E-state index in [0.717, 1.165) is 35.5 Å². The van der Waals surface area contributed by atoms with Crippen molar-refractivity contribution in [2.45, 2.75) is 31.3 Å². The molecular formula is C24H26N2O2. The standard InChI is InChI=1S/C24H26N2O2/c1-25-20-9-10-21(25)17-22(16-20)26(19-11-13-23(28-2)14-12-19)24(27)15-8-18-6-4-3-5-7-18/h3-8,11-16,20-21H,9-10,17H2,1-2H3/b15-8+/t20-,21+/m1/s1. The molecule has 4 heteroatoms. The summed E-state index contributed by atoms with van der Waals surface area (Å²) in [6, 6.07) is 18.6. The van der Waals surface area contributed by atoms with Crippen LogP contribution in [-0.4, -0.2) is 37.0 Å². The number of benzene rings is 2. The Bertz CT molecular complexity index is 887. The highest BCUT2D eigenvalue weighted by molar-refractivity contribution is 6.06. The van der Waals surface area contributed by atoms with Gasteiger partial charge in [0.25, 0.3) is 5.91 Å². The van der Waals surface area contributed by atoms with E-state index in [1.54, 1.807) is 13.2 Å². The number of methoxy groups -OCH3 is 1. The third-order valence-corrected chi connectivity index (χ3v) is 5.78. The van der Waals surface area contributed by atoms with Gasteiger partial charge in [0.2, 0.25) is 0 Å². The minimum absolute atomic E-state index is 0.0239. The predicted octanol–water partition coefficient (Wildman–Crippen LogP) is 4.49. The molecule has 4 rings (SSSR count). The Morgan fingerprint density at radius 2 is 1.86 bits per heavy atom. The molecule has 2 aromatic rings. The van der Waals surface area contributed by atoms with Gasteiger partial charge in [-0.05, 0) is 61.9 Å². The summed E-state index contributed by atoms with van der Waals surface area (Å²) in [5, 5.41) is 0. The monoisotopic (exact) mass is 374 g/mol. The molecule has 0 saturated carbocycles. The van der Waals surface area contributed by atoms with Crippen LogP contribution < -0.4 is 9.64 Å². The lowest BCUT2D eigenvalue weighted by Gasteiger charge is -2.35. The summed E-state index contributed by atoms with van der Waals surface area (Å²) in [7, 11) is 3.84. The van der Waals surface area contributed by atoms with Crippen molar-refractivity contribution in [2.24, 2.45) is 0 Å². The molecule has 0 unspecified atom stereocenters. The average Bonchev–Trinajstić information content (AvgIpc) is 2.94. The van der Waals surface area contributed by atoms with E-state index in [1.165, 1.54) is 6.42 Å². The number of likely N-dealkylation sites (N-methyl/N-ethyl adjacent to an activating group) is 1. The summed E-state index contributed by atoms with van der Waals surface area (Å²) >= 11 is 0. The Hall–Kier alpha value is -2.85. The maximum Gasteiger partial charge on any atom is 0.255 e. The fourth-order valence-electron chi connectivity index (χ4n) is 4.16. The number of rotatable bonds is 5. The largest absolute Gasteiger partial charge is 0.497 e. The van der Waals surface area contributed by atoms with Gasteiger partial charge in [-0.3, -0.25) is 14.6 Å². The van der Waals surface area contributed by atoms with Gasteiger partial charge in [0, 0.05) is 36.0 Å². The molecule has 2 bridgehead atoms. The van der Waals surface area contributed by atoms with E-state index in [2.05, 4.69) is 18.0 Å². The first kappa shape index (κ1) is 18.5. The van der Waals surface area contributed by atoms with E-state index in [-0.39, 0.29) is 5.91 Å². The molecule has 4 nitrogen and oxygen atoms in total. The van der Waals surface area contributed by atoms with Crippen LogP contribution in [0.1, 0.15) is 24.8 Å². The lowest BCUT2D eigenvalue weighted by Crippen LogP contribution is -2.40. The van der Waals surface area contributed by atoms with Crippen LogP contribution in [0.5, 0.6) is 5.75 Å². The van der Waals surface area contributed by atoms with Crippen LogP contribution in [0.25, 0.3) is 6.08 Å². The lowest BCUT2D eigenvalue weighted by molar-refractivity contribution is -0.113. The molecule has 1 saturated heterocycles. The Morgan fingerprint density at radius 3 is 2.54 bits per heavy atom. The number of carbonyl (C=O) groups is 1. The molecule has 1 fully saturated rings. The fourth-order valence-corrected chi connectivity index (χ4v) is 4.16. The topological polar surface area (TPSA) is 32.8 Å². The third kappa shape index (κ3) is 3.73. The number of anilines is 1. The molecule has 0 aromatic heterocycles. The van der Waals surface area contributed by atoms with E-state index in [4.69, 9.17) is 4.74 Å². The maximum atomic E-state index is 13.2. The molecule has 2 aliphatic rings. The lowest BCUT2D eigenvalue weighted by atomic mass is 10.0. The first-order valence-electron chi connectivity index (χ1n) is 9.79. The van der Waals surface area contributed by atoms with Crippen molar-refractivity contribution in [3.8, 4) is 5.75 Å². The fraction of sp³-hybridized carbons (Fsp3) is 0.292. The van der Waals surface area contributed by atoms with Crippen molar-refractivity contribution in [1.82, 2.24) is 4.90 Å². The molecule has 2 atom stereocenters. The summed E-state index contributed by atoms with van der Waals surface area (Å²) in [5.74, 6) is 0.762. The van der Waals surface area contributed by atoms with Crippen LogP contribution in [0.3, 0.4) is 0 Å². The summed E-state index contributed by atoms with van der Waals surface area (Å²) in [5.41, 5.74) is 2.99. The normalized spacial score (nSPS) is 21.6. The highest BCUT2D eigenvalue weighted by atomic mass is 16.5. The van der Waals surface area contributed by atoms with Crippen molar-refractivity contribution in [2.75, 3.05) is 19.1 Å². The van der Waals surface area contributed by atoms with Gasteiger partial charge in [-0.15, -0.1) is 0 Å². The quantitative estimate of drug-likeness (QED) is 0.723. The van der Waals surface area contributed by atoms with Gasteiger partial charge in [-0.1, -0.05) is 30.3 Å². The van der Waals surface area contributed by atoms with Gasteiger partial charge >= 0.3 is 0 Å². The molecule has 2 aliphatic heterocycles. The predicted molar refractivity (Wildman–Crippen MR) is 113 cm³/mol. The van der Waals surface area contributed by atoms with Crippen LogP contribution in [0.4, 0.5) is 5.69 Å². The molecule has 144 valence electrons. The molecule has 0 radical (unpaired) electrons. The Labute approximate surface area is 166 Å². The highest BCUT2D eigenvalue weighted by Gasteiger charge is 2.36. The van der Waals surface area contributed by atoms with Crippen molar-refractivity contribution in [1.29, 1.82) is 0 Å². The number of carbonyl (C=O) groups excluding carboxylic acids is 1. The smallest absolute Gasteiger partial charge is 0.255 e. The van der Waals surface area contributed by atoms with Gasteiger partial charge in [-0.2, -0.15) is 0 Å². The van der Waals surface area contributed by atoms with Gasteiger partial charge in [0.05, 0.1) is 7.11 Å². The van der Waals surface area contributed by atoms with Gasteiger partial charge in [0.15, 0.2) is 0 Å². The summed E-state index contributed by atoms with van der Waals surface area (Å²) in [4.78, 5) is 17.5. The second-order valence-corrected chi connectivity index (χ2v) is 7.44. The second-order valence-electron chi connectivity index (χ2n) is 7.44. The maximum absolute atomic E-state index is 13.2. The number of hydrogen-bond acceptors (Lipinski definition) is 3. The number of hydrogen-bond donors (Lipinski definition) is 0. The summed E-state index contributed by atoms with van der Waals surface area (Å²) in [6.07, 6.45) is 9.05. The zero-order valence-corrected chi connectivity index (χ0v) is 16.4. The molecular weight excluding hydrogens is 348 g/mol. The first-order chi connectivity index (χ1) is 13.7. The van der Waals surface area contributed by atoms with Crippen LogP contribution in [0.15, 0.2) is 72.4 Å². The number of nitrogens with zero attached hydrogens (tertiary/aromatic N) is 2. The third-order valence-electron chi connectivity index (χ3n) is 5.78. The van der Waals surface area contributed by atoms with Crippen molar-refractivity contribution < 1.29 is 9.53 Å². The minimum Gasteiger partial charge on any atom is -0.497 e. The minimum atomic E-state index is -0.0239. The molecule has 0 N–H and O–H groups in total. The van der Waals surface area contributed by atoms with E-state index < -0.39 is 0 Å². The first-order valence-corrected chi connectivity index (χ1v) is 9.79. The van der Waals surface area contributed by atoms with Crippen LogP contribution >= 0.6 is 0 Å². The van der Waals surface area contributed by atoms with Crippen LogP contribution in [0, 0.1) is 0 Å². The zero-order chi connectivity index (χ0) is 19.5. The summed E-state index contributed by atoms with van der Waals surface area (Å²) in [6.45, 7) is 0. The number of fused-ring (bicyclic) bond motifs is 2. The van der Waals surface area contributed by atoms with E-state index in [0.29, 0.717) is 12.1 Å². The van der Waals surface area contributed by atoms with Crippen molar-refractivity contribution in [3.05, 3.63) is 78.0 Å². The molecule has 1 amide bonds. The van der Waals surface area contributed by atoms with Crippen LogP contribution in [-0.2, 0) is 4.79 Å². The van der Waals surface area contributed by atoms with Crippen molar-refractivity contribution >= 4 is 17.7 Å². The average molecular weight is 374 g/mol. The van der Waals surface area contributed by atoms with Crippen LogP contribution in [0.2, 0.25) is 0 Å². The Morgan fingerprint density at radius 1 is 1.11 bits per heavy atom.